The van der Waals surface area contributed by atoms with Crippen LogP contribution in [-0.4, -0.2) is 16.5 Å². The Bertz CT molecular complexity index is 130. The summed E-state index contributed by atoms with van der Waals surface area (Å²) < 4.78 is 59.4. The highest BCUT2D eigenvalue weighted by Gasteiger charge is 2.56. The molecule has 0 aromatic carbocycles. The molecule has 0 spiro atoms. The lowest BCUT2D eigenvalue weighted by molar-refractivity contribution is -0.284. The molecular weight excluding hydrogens is 294 g/mol. The first-order valence-electron chi connectivity index (χ1n) is 3.32. The zero-order chi connectivity index (χ0) is 9.83. The van der Waals surface area contributed by atoms with Gasteiger partial charge < -0.3 is 0 Å². The van der Waals surface area contributed by atoms with Crippen molar-refractivity contribution in [2.75, 3.05) is 4.43 Å². The molecule has 0 aliphatic carbocycles. The van der Waals surface area contributed by atoms with Gasteiger partial charge in [0.2, 0.25) is 0 Å². The topological polar surface area (TPSA) is 0 Å². The average molecular weight is 302 g/mol. The molecule has 0 amide bonds. The van der Waals surface area contributed by atoms with Crippen molar-refractivity contribution < 1.29 is 22.0 Å². The second kappa shape index (κ2) is 4.57. The van der Waals surface area contributed by atoms with Crippen LogP contribution in [0.4, 0.5) is 22.0 Å². The maximum absolute atomic E-state index is 12.1. The molecule has 74 valence electrons. The van der Waals surface area contributed by atoms with Crippen molar-refractivity contribution in [1.29, 1.82) is 0 Å². The molecule has 12 heavy (non-hydrogen) atoms. The summed E-state index contributed by atoms with van der Waals surface area (Å²) in [6.45, 7) is 0. The SMILES string of the molecule is FC(F)(F)C(F)(F)CCCCI. The van der Waals surface area contributed by atoms with E-state index in [1.54, 1.807) is 0 Å². The van der Waals surface area contributed by atoms with Gasteiger partial charge in [-0.25, -0.2) is 0 Å². The van der Waals surface area contributed by atoms with Crippen LogP contribution in [0.5, 0.6) is 0 Å². The molecule has 0 unspecified atom stereocenters. The fourth-order valence-corrected chi connectivity index (χ4v) is 1.12. The monoisotopic (exact) mass is 302 g/mol. The Morgan fingerprint density at radius 3 is 1.75 bits per heavy atom. The van der Waals surface area contributed by atoms with Crippen molar-refractivity contribution in [2.24, 2.45) is 0 Å². The van der Waals surface area contributed by atoms with E-state index in [1.165, 1.54) is 0 Å². The zero-order valence-corrected chi connectivity index (χ0v) is 8.25. The fraction of sp³-hybridized carbons (Fsp3) is 1.00. The summed E-state index contributed by atoms with van der Waals surface area (Å²) >= 11 is 1.93. The van der Waals surface area contributed by atoms with Crippen LogP contribution in [0.15, 0.2) is 0 Å². The molecule has 0 fully saturated rings. The molecule has 0 radical (unpaired) electrons. The average Bonchev–Trinajstić information content (AvgIpc) is 1.85. The highest BCUT2D eigenvalue weighted by Crippen LogP contribution is 2.39. The van der Waals surface area contributed by atoms with Gasteiger partial charge in [0.25, 0.3) is 0 Å². The Balaban J connectivity index is 3.88. The van der Waals surface area contributed by atoms with Crippen molar-refractivity contribution in [3.8, 4) is 0 Å². The maximum atomic E-state index is 12.1. The summed E-state index contributed by atoms with van der Waals surface area (Å²) in [5, 5.41) is 0. The van der Waals surface area contributed by atoms with Crippen molar-refractivity contribution in [3.63, 3.8) is 0 Å². The van der Waals surface area contributed by atoms with Gasteiger partial charge in [-0.2, -0.15) is 22.0 Å². The highest BCUT2D eigenvalue weighted by molar-refractivity contribution is 14.1. The molecule has 0 atom stereocenters. The second-order valence-corrected chi connectivity index (χ2v) is 3.43. The minimum atomic E-state index is -5.39. The van der Waals surface area contributed by atoms with Crippen LogP contribution < -0.4 is 0 Å². The molecule has 0 heterocycles. The van der Waals surface area contributed by atoms with Crippen molar-refractivity contribution >= 4 is 22.6 Å². The van der Waals surface area contributed by atoms with Gasteiger partial charge in [-0.05, 0) is 17.3 Å². The second-order valence-electron chi connectivity index (χ2n) is 2.35. The van der Waals surface area contributed by atoms with Crippen LogP contribution in [0.25, 0.3) is 0 Å². The lowest BCUT2D eigenvalue weighted by atomic mass is 10.1. The first kappa shape index (κ1) is 12.4. The van der Waals surface area contributed by atoms with Crippen LogP contribution in [0.1, 0.15) is 19.3 Å². The van der Waals surface area contributed by atoms with Crippen LogP contribution in [0.2, 0.25) is 0 Å². The summed E-state index contributed by atoms with van der Waals surface area (Å²) in [6, 6.07) is 0. The number of hydrogen-bond donors (Lipinski definition) is 0. The van der Waals surface area contributed by atoms with E-state index in [-0.39, 0.29) is 6.42 Å². The van der Waals surface area contributed by atoms with Crippen LogP contribution in [0, 0.1) is 0 Å². The fourth-order valence-electron chi connectivity index (χ4n) is 0.583. The minimum Gasteiger partial charge on any atom is -0.196 e. The molecule has 0 saturated heterocycles. The van der Waals surface area contributed by atoms with Gasteiger partial charge in [-0.1, -0.05) is 22.6 Å². The van der Waals surface area contributed by atoms with Gasteiger partial charge in [0.05, 0.1) is 0 Å². The third-order valence-corrected chi connectivity index (χ3v) is 2.05. The number of alkyl halides is 6. The largest absolute Gasteiger partial charge is 0.453 e. The molecule has 0 aliphatic heterocycles. The first-order chi connectivity index (χ1) is 5.31. The maximum Gasteiger partial charge on any atom is 0.453 e. The summed E-state index contributed by atoms with van der Waals surface area (Å²) in [7, 11) is 0. The normalized spacial score (nSPS) is 13.5. The molecule has 0 N–H and O–H groups in total. The van der Waals surface area contributed by atoms with Crippen LogP contribution in [0.3, 0.4) is 0 Å². The Labute approximate surface area is 80.7 Å². The molecule has 0 rings (SSSR count). The van der Waals surface area contributed by atoms with Gasteiger partial charge in [0.1, 0.15) is 0 Å². The van der Waals surface area contributed by atoms with E-state index in [0.717, 1.165) is 0 Å². The molecule has 6 heteroatoms. The highest BCUT2D eigenvalue weighted by atomic mass is 127. The molecule has 0 saturated carbocycles. The van der Waals surface area contributed by atoms with E-state index in [9.17, 15) is 22.0 Å². The lowest BCUT2D eigenvalue weighted by Crippen LogP contribution is -2.36. The van der Waals surface area contributed by atoms with Crippen LogP contribution in [-0.2, 0) is 0 Å². The molecule has 0 aliphatic rings. The number of unbranched alkanes of at least 4 members (excludes halogenated alkanes) is 1. The van der Waals surface area contributed by atoms with E-state index in [0.29, 0.717) is 10.8 Å². The molecular formula is C6H8F5I. The summed E-state index contributed by atoms with van der Waals surface area (Å²) in [6.07, 6.45) is -6.18. The molecule has 0 bridgehead atoms. The predicted octanol–water partition coefficient (Wildman–Crippen LogP) is 3.79. The predicted molar refractivity (Wildman–Crippen MR) is 43.7 cm³/mol. The Morgan fingerprint density at radius 1 is 0.917 bits per heavy atom. The van der Waals surface area contributed by atoms with Gasteiger partial charge in [-0.3, -0.25) is 0 Å². The number of rotatable bonds is 4. The van der Waals surface area contributed by atoms with Gasteiger partial charge in [0.15, 0.2) is 0 Å². The third-order valence-electron chi connectivity index (χ3n) is 1.29. The quantitative estimate of drug-likeness (QED) is 0.321. The van der Waals surface area contributed by atoms with Gasteiger partial charge in [-0.15, -0.1) is 0 Å². The first-order valence-corrected chi connectivity index (χ1v) is 4.84. The Hall–Kier alpha value is 0.380. The number of halogens is 6. The van der Waals surface area contributed by atoms with Crippen molar-refractivity contribution in [1.82, 2.24) is 0 Å². The van der Waals surface area contributed by atoms with E-state index < -0.39 is 18.5 Å². The standard InChI is InChI=1S/C6H8F5I/c7-5(8,6(9,10)11)3-1-2-4-12/h1-4H2. The zero-order valence-electron chi connectivity index (χ0n) is 6.10. The van der Waals surface area contributed by atoms with Crippen molar-refractivity contribution in [3.05, 3.63) is 0 Å². The van der Waals surface area contributed by atoms with Gasteiger partial charge in [0, 0.05) is 6.42 Å². The summed E-state index contributed by atoms with van der Waals surface area (Å²) in [5.41, 5.74) is 0. The molecule has 0 aromatic rings. The van der Waals surface area contributed by atoms with E-state index >= 15 is 0 Å². The third kappa shape index (κ3) is 3.86. The Kier molecular flexibility index (Phi) is 4.71. The summed E-state index contributed by atoms with van der Waals surface area (Å²) in [4.78, 5) is 0. The lowest BCUT2D eigenvalue weighted by Gasteiger charge is -2.18. The van der Waals surface area contributed by atoms with E-state index in [2.05, 4.69) is 0 Å². The number of hydrogen-bond acceptors (Lipinski definition) is 0. The van der Waals surface area contributed by atoms with E-state index in [4.69, 9.17) is 0 Å². The minimum absolute atomic E-state index is 0.0878. The van der Waals surface area contributed by atoms with E-state index in [1.807, 2.05) is 22.6 Å². The van der Waals surface area contributed by atoms with Crippen LogP contribution >= 0.6 is 22.6 Å². The van der Waals surface area contributed by atoms with Gasteiger partial charge >= 0.3 is 12.1 Å². The Morgan fingerprint density at radius 2 is 1.42 bits per heavy atom. The summed E-state index contributed by atoms with van der Waals surface area (Å²) in [5.74, 6) is -4.52. The molecule has 0 aromatic heterocycles. The molecule has 0 nitrogen and oxygen atoms in total. The smallest absolute Gasteiger partial charge is 0.196 e. The van der Waals surface area contributed by atoms with Crippen molar-refractivity contribution in [2.45, 2.75) is 31.4 Å².